The van der Waals surface area contributed by atoms with Crippen molar-refractivity contribution < 1.29 is 9.18 Å². The summed E-state index contributed by atoms with van der Waals surface area (Å²) in [7, 11) is 0. The van der Waals surface area contributed by atoms with Gasteiger partial charge in [0.1, 0.15) is 5.82 Å². The number of hydrogen-bond acceptors (Lipinski definition) is 2. The molecular formula is C9H5ClFNO. The number of benzene rings is 1. The minimum absolute atomic E-state index is 0.0378. The van der Waals surface area contributed by atoms with Crippen molar-refractivity contribution in [2.24, 2.45) is 4.99 Å². The van der Waals surface area contributed by atoms with Crippen molar-refractivity contribution in [3.63, 3.8) is 0 Å². The molecule has 0 saturated heterocycles. The molecule has 1 aromatic carbocycles. The highest BCUT2D eigenvalue weighted by Crippen LogP contribution is 2.29. The van der Waals surface area contributed by atoms with Gasteiger partial charge in [-0.15, -0.1) is 0 Å². The molecule has 0 spiro atoms. The van der Waals surface area contributed by atoms with Crippen LogP contribution in [0.15, 0.2) is 17.1 Å². The number of rotatable bonds is 0. The van der Waals surface area contributed by atoms with Crippen LogP contribution in [0.25, 0.3) is 0 Å². The van der Waals surface area contributed by atoms with Gasteiger partial charge in [0.2, 0.25) is 0 Å². The molecule has 0 unspecified atom stereocenters. The molecule has 0 N–H and O–H groups in total. The summed E-state index contributed by atoms with van der Waals surface area (Å²) in [4.78, 5) is 15.2. The van der Waals surface area contributed by atoms with Crippen LogP contribution in [0.5, 0.6) is 0 Å². The van der Waals surface area contributed by atoms with Gasteiger partial charge >= 0.3 is 0 Å². The smallest absolute Gasteiger partial charge is 0.170 e. The average Bonchev–Trinajstić information content (AvgIpc) is 2.09. The molecule has 1 aliphatic heterocycles. The quantitative estimate of drug-likeness (QED) is 0.629. The van der Waals surface area contributed by atoms with E-state index < -0.39 is 5.82 Å². The van der Waals surface area contributed by atoms with E-state index in [4.69, 9.17) is 11.6 Å². The first-order chi connectivity index (χ1) is 6.18. The van der Waals surface area contributed by atoms with Crippen LogP contribution >= 0.6 is 11.6 Å². The summed E-state index contributed by atoms with van der Waals surface area (Å²) in [6, 6.07) is 2.50. The highest BCUT2D eigenvalue weighted by atomic mass is 35.5. The van der Waals surface area contributed by atoms with Gasteiger partial charge in [-0.1, -0.05) is 11.6 Å². The van der Waals surface area contributed by atoms with Gasteiger partial charge in [0.15, 0.2) is 5.78 Å². The lowest BCUT2D eigenvalue weighted by Crippen LogP contribution is -2.04. The Morgan fingerprint density at radius 2 is 2.23 bits per heavy atom. The van der Waals surface area contributed by atoms with Crippen molar-refractivity contribution in [1.29, 1.82) is 0 Å². The number of nitrogens with zero attached hydrogens (tertiary/aromatic N) is 1. The maximum absolute atomic E-state index is 12.9. The topological polar surface area (TPSA) is 29.4 Å². The molecule has 66 valence electrons. The first kappa shape index (κ1) is 8.38. The molecule has 0 aliphatic carbocycles. The molecule has 4 heteroatoms. The fraction of sp³-hybridized carbons (Fsp3) is 0.111. The first-order valence-corrected chi connectivity index (χ1v) is 4.11. The van der Waals surface area contributed by atoms with E-state index in [1.165, 1.54) is 18.3 Å². The van der Waals surface area contributed by atoms with E-state index in [9.17, 15) is 9.18 Å². The maximum atomic E-state index is 12.9. The molecule has 1 aliphatic rings. The van der Waals surface area contributed by atoms with Gasteiger partial charge in [0.05, 0.1) is 10.7 Å². The van der Waals surface area contributed by atoms with Crippen molar-refractivity contribution in [2.45, 2.75) is 6.42 Å². The number of carbonyl (C=O) groups is 1. The third-order valence-corrected chi connectivity index (χ3v) is 2.14. The summed E-state index contributed by atoms with van der Waals surface area (Å²) in [6.07, 6.45) is 1.73. The molecule has 2 nitrogen and oxygen atoms in total. The van der Waals surface area contributed by atoms with E-state index in [-0.39, 0.29) is 17.2 Å². The lowest BCUT2D eigenvalue weighted by atomic mass is 10.0. The largest absolute Gasteiger partial charge is 0.294 e. The Morgan fingerprint density at radius 1 is 1.46 bits per heavy atom. The van der Waals surface area contributed by atoms with E-state index in [1.807, 2.05) is 0 Å². The van der Waals surface area contributed by atoms with Crippen LogP contribution in [-0.2, 0) is 0 Å². The number of halogens is 2. The van der Waals surface area contributed by atoms with Crippen LogP contribution in [0.2, 0.25) is 5.02 Å². The second-order valence-corrected chi connectivity index (χ2v) is 3.13. The van der Waals surface area contributed by atoms with Crippen molar-refractivity contribution >= 4 is 29.3 Å². The molecule has 0 radical (unpaired) electrons. The standard InChI is InChI=1S/C9H5ClFNO/c10-6-3-5-8(4-7(6)11)12-2-1-9(5)13/h2-4H,1H2. The summed E-state index contributed by atoms with van der Waals surface area (Å²) >= 11 is 5.53. The summed E-state index contributed by atoms with van der Waals surface area (Å²) in [5.41, 5.74) is 0.757. The van der Waals surface area contributed by atoms with Crippen LogP contribution in [-0.4, -0.2) is 12.0 Å². The van der Waals surface area contributed by atoms with Gasteiger partial charge in [-0.25, -0.2) is 4.39 Å². The van der Waals surface area contributed by atoms with Crippen LogP contribution in [0.3, 0.4) is 0 Å². The van der Waals surface area contributed by atoms with Gasteiger partial charge in [0.25, 0.3) is 0 Å². The molecule has 2 rings (SSSR count). The molecule has 0 aromatic heterocycles. The van der Waals surface area contributed by atoms with E-state index >= 15 is 0 Å². The minimum Gasteiger partial charge on any atom is -0.294 e. The molecule has 13 heavy (non-hydrogen) atoms. The molecular weight excluding hydrogens is 193 g/mol. The van der Waals surface area contributed by atoms with E-state index in [0.717, 1.165) is 0 Å². The lowest BCUT2D eigenvalue weighted by Gasteiger charge is -2.08. The van der Waals surface area contributed by atoms with Crippen molar-refractivity contribution in [3.05, 3.63) is 28.5 Å². The third-order valence-electron chi connectivity index (χ3n) is 1.85. The molecule has 1 heterocycles. The van der Waals surface area contributed by atoms with Crippen molar-refractivity contribution in [3.8, 4) is 0 Å². The Bertz CT molecular complexity index is 414. The maximum Gasteiger partial charge on any atom is 0.170 e. The molecule has 0 saturated carbocycles. The minimum atomic E-state index is -0.549. The number of fused-ring (bicyclic) bond motifs is 1. The molecule has 1 aromatic rings. The molecule has 0 amide bonds. The van der Waals surface area contributed by atoms with Gasteiger partial charge < -0.3 is 0 Å². The zero-order valence-corrected chi connectivity index (χ0v) is 7.31. The van der Waals surface area contributed by atoms with Crippen molar-refractivity contribution in [1.82, 2.24) is 0 Å². The van der Waals surface area contributed by atoms with Gasteiger partial charge in [-0.3, -0.25) is 9.79 Å². The van der Waals surface area contributed by atoms with E-state index in [1.54, 1.807) is 0 Å². The molecule has 0 bridgehead atoms. The Labute approximate surface area is 79.0 Å². The van der Waals surface area contributed by atoms with E-state index in [2.05, 4.69) is 4.99 Å². The lowest BCUT2D eigenvalue weighted by molar-refractivity contribution is 0.100. The second kappa shape index (κ2) is 2.92. The highest BCUT2D eigenvalue weighted by molar-refractivity contribution is 6.31. The predicted molar refractivity (Wildman–Crippen MR) is 48.5 cm³/mol. The summed E-state index contributed by atoms with van der Waals surface area (Å²) in [5.74, 6) is -0.626. The zero-order valence-electron chi connectivity index (χ0n) is 6.55. The monoisotopic (exact) mass is 197 g/mol. The second-order valence-electron chi connectivity index (χ2n) is 2.72. The SMILES string of the molecule is O=C1CC=Nc2cc(F)c(Cl)cc21. The zero-order chi connectivity index (χ0) is 9.42. The fourth-order valence-corrected chi connectivity index (χ4v) is 1.37. The Balaban J connectivity index is 2.67. The number of aliphatic imine (C=N–C) groups is 1. The predicted octanol–water partition coefficient (Wildman–Crippen LogP) is 2.77. The van der Waals surface area contributed by atoms with E-state index in [0.29, 0.717) is 11.3 Å². The molecule has 0 fully saturated rings. The Hall–Kier alpha value is -1.22. The van der Waals surface area contributed by atoms with Gasteiger partial charge in [-0.2, -0.15) is 0 Å². The van der Waals surface area contributed by atoms with Gasteiger partial charge in [-0.05, 0) is 6.07 Å². The fourth-order valence-electron chi connectivity index (χ4n) is 1.20. The first-order valence-electron chi connectivity index (χ1n) is 3.73. The normalized spacial score (nSPS) is 14.5. The highest BCUT2D eigenvalue weighted by Gasteiger charge is 2.16. The number of hydrogen-bond donors (Lipinski definition) is 0. The summed E-state index contributed by atoms with van der Waals surface area (Å²) < 4.78 is 12.9. The third kappa shape index (κ3) is 1.35. The van der Waals surface area contributed by atoms with Crippen LogP contribution in [0.1, 0.15) is 16.8 Å². The van der Waals surface area contributed by atoms with Crippen LogP contribution < -0.4 is 0 Å². The number of carbonyl (C=O) groups excluding carboxylic acids is 1. The molecule has 0 atom stereocenters. The van der Waals surface area contributed by atoms with Gasteiger partial charge in [0, 0.05) is 24.3 Å². The van der Waals surface area contributed by atoms with Crippen LogP contribution in [0, 0.1) is 5.82 Å². The number of Topliss-reactive ketones (excluding diaryl/α,β-unsaturated/α-hetero) is 1. The van der Waals surface area contributed by atoms with Crippen LogP contribution in [0.4, 0.5) is 10.1 Å². The summed E-state index contributed by atoms with van der Waals surface area (Å²) in [6.45, 7) is 0. The number of ketones is 1. The van der Waals surface area contributed by atoms with Crippen molar-refractivity contribution in [2.75, 3.05) is 0 Å². The summed E-state index contributed by atoms with van der Waals surface area (Å²) in [5, 5.41) is -0.0378. The average molecular weight is 198 g/mol. The Kier molecular flexibility index (Phi) is 1.88. The Morgan fingerprint density at radius 3 is 3.00 bits per heavy atom.